The average Bonchev–Trinajstić information content (AvgIpc) is 2.15. The van der Waals surface area contributed by atoms with Crippen molar-refractivity contribution in [3.8, 4) is 0 Å². The SMILES string of the molecule is CC(C)(C)OC(=O)c1cccc(BO)c1. The zero-order valence-electron chi connectivity index (χ0n) is 9.28. The quantitative estimate of drug-likeness (QED) is 0.569. The third-order valence-corrected chi connectivity index (χ3v) is 1.74. The maximum absolute atomic E-state index is 11.6. The normalized spacial score (nSPS) is 10.9. The Morgan fingerprint density at radius 3 is 2.60 bits per heavy atom. The minimum atomic E-state index is -0.494. The van der Waals surface area contributed by atoms with Crippen molar-refractivity contribution in [2.75, 3.05) is 0 Å². The summed E-state index contributed by atoms with van der Waals surface area (Å²) in [6.07, 6.45) is 0. The van der Waals surface area contributed by atoms with Crippen LogP contribution in [0.25, 0.3) is 0 Å². The van der Waals surface area contributed by atoms with Crippen LogP contribution in [0.15, 0.2) is 24.3 Å². The fourth-order valence-corrected chi connectivity index (χ4v) is 1.13. The van der Waals surface area contributed by atoms with Gasteiger partial charge in [-0.05, 0) is 26.8 Å². The summed E-state index contributed by atoms with van der Waals surface area (Å²) in [4.78, 5) is 11.6. The number of rotatable bonds is 2. The van der Waals surface area contributed by atoms with Crippen molar-refractivity contribution in [2.45, 2.75) is 26.4 Å². The van der Waals surface area contributed by atoms with Crippen molar-refractivity contribution >= 4 is 18.9 Å². The molecule has 0 fully saturated rings. The lowest BCUT2D eigenvalue weighted by Gasteiger charge is -2.19. The number of carbonyl (C=O) groups is 1. The van der Waals surface area contributed by atoms with Gasteiger partial charge in [0, 0.05) is 0 Å². The highest BCUT2D eigenvalue weighted by Crippen LogP contribution is 2.10. The van der Waals surface area contributed by atoms with Gasteiger partial charge in [-0.25, -0.2) is 4.79 Å². The highest BCUT2D eigenvalue weighted by Gasteiger charge is 2.17. The zero-order valence-corrected chi connectivity index (χ0v) is 9.28. The van der Waals surface area contributed by atoms with Crippen LogP contribution in [0.2, 0.25) is 0 Å². The van der Waals surface area contributed by atoms with Crippen LogP contribution in [0.5, 0.6) is 0 Å². The first-order valence-corrected chi connectivity index (χ1v) is 4.85. The smallest absolute Gasteiger partial charge is 0.338 e. The van der Waals surface area contributed by atoms with Gasteiger partial charge in [-0.1, -0.05) is 23.7 Å². The average molecular weight is 206 g/mol. The number of benzene rings is 1. The predicted octanol–water partition coefficient (Wildman–Crippen LogP) is 0.611. The van der Waals surface area contributed by atoms with Gasteiger partial charge in [-0.3, -0.25) is 0 Å². The van der Waals surface area contributed by atoms with E-state index in [0.29, 0.717) is 11.0 Å². The van der Waals surface area contributed by atoms with Gasteiger partial charge in [0.2, 0.25) is 0 Å². The highest BCUT2D eigenvalue weighted by molar-refractivity contribution is 6.45. The molecule has 1 aromatic carbocycles. The molecule has 1 N–H and O–H groups in total. The maximum Gasteiger partial charge on any atom is 0.338 e. The van der Waals surface area contributed by atoms with E-state index >= 15 is 0 Å². The standard InChI is InChI=1S/C11H15BO3/c1-11(2,3)15-10(13)8-5-4-6-9(7-8)12-14/h4-7,12,14H,1-3H3. The van der Waals surface area contributed by atoms with E-state index in [9.17, 15) is 4.79 Å². The van der Waals surface area contributed by atoms with Gasteiger partial charge in [0.05, 0.1) is 5.56 Å². The molecule has 0 radical (unpaired) electrons. The summed E-state index contributed by atoms with van der Waals surface area (Å²) in [5.41, 5.74) is 0.682. The number of carbonyl (C=O) groups excluding carboxylic acids is 1. The van der Waals surface area contributed by atoms with E-state index in [1.54, 1.807) is 24.3 Å². The molecule has 4 heteroatoms. The van der Waals surface area contributed by atoms with Gasteiger partial charge in [0.15, 0.2) is 0 Å². The highest BCUT2D eigenvalue weighted by atomic mass is 16.6. The van der Waals surface area contributed by atoms with Crippen molar-refractivity contribution in [1.82, 2.24) is 0 Å². The third-order valence-electron chi connectivity index (χ3n) is 1.74. The minimum absolute atomic E-state index is 0.0728. The molecule has 0 saturated carbocycles. The second-order valence-corrected chi connectivity index (χ2v) is 4.36. The summed E-state index contributed by atoms with van der Waals surface area (Å²) in [7, 11) is -0.0728. The first-order chi connectivity index (χ1) is 6.92. The molecule has 0 aliphatic heterocycles. The van der Waals surface area contributed by atoms with Crippen molar-refractivity contribution in [3.63, 3.8) is 0 Å². The van der Waals surface area contributed by atoms with Gasteiger partial charge < -0.3 is 9.76 Å². The summed E-state index contributed by atoms with van der Waals surface area (Å²) in [6, 6.07) is 6.79. The van der Waals surface area contributed by atoms with Crippen LogP contribution < -0.4 is 5.46 Å². The van der Waals surface area contributed by atoms with E-state index in [-0.39, 0.29) is 13.5 Å². The molecule has 1 aromatic rings. The molecule has 0 unspecified atom stereocenters. The van der Waals surface area contributed by atoms with Gasteiger partial charge >= 0.3 is 13.5 Å². The molecule has 3 nitrogen and oxygen atoms in total. The van der Waals surface area contributed by atoms with Crippen LogP contribution in [-0.4, -0.2) is 24.1 Å². The molecule has 0 aliphatic carbocycles. The molecule has 0 heterocycles. The Kier molecular flexibility index (Phi) is 3.53. The molecule has 1 rings (SSSR count). The van der Waals surface area contributed by atoms with Gasteiger partial charge in [0.1, 0.15) is 5.60 Å². The van der Waals surface area contributed by atoms with E-state index in [2.05, 4.69) is 0 Å². The van der Waals surface area contributed by atoms with Gasteiger partial charge in [-0.2, -0.15) is 0 Å². The van der Waals surface area contributed by atoms with Crippen LogP contribution >= 0.6 is 0 Å². The molecule has 0 spiro atoms. The van der Waals surface area contributed by atoms with E-state index in [1.165, 1.54) is 0 Å². The lowest BCUT2D eigenvalue weighted by atomic mass is 9.88. The summed E-state index contributed by atoms with van der Waals surface area (Å²) >= 11 is 0. The Labute approximate surface area is 90.3 Å². The predicted molar refractivity (Wildman–Crippen MR) is 60.6 cm³/mol. The molecule has 0 amide bonds. The Bertz CT molecular complexity index is 355. The minimum Gasteiger partial charge on any atom is -0.456 e. The largest absolute Gasteiger partial charge is 0.456 e. The molecule has 15 heavy (non-hydrogen) atoms. The lowest BCUT2D eigenvalue weighted by Crippen LogP contribution is -2.25. The molecule has 0 bridgehead atoms. The number of hydrogen-bond donors (Lipinski definition) is 1. The molecule has 0 aliphatic rings. The van der Waals surface area contributed by atoms with E-state index in [0.717, 1.165) is 0 Å². The first kappa shape index (κ1) is 11.8. The van der Waals surface area contributed by atoms with Crippen LogP contribution in [0.4, 0.5) is 0 Å². The Morgan fingerprint density at radius 2 is 2.07 bits per heavy atom. The summed E-state index contributed by atoms with van der Waals surface area (Å²) in [5, 5.41) is 8.92. The topological polar surface area (TPSA) is 46.5 Å². The summed E-state index contributed by atoms with van der Waals surface area (Å²) < 4.78 is 5.20. The van der Waals surface area contributed by atoms with Crippen LogP contribution in [0.3, 0.4) is 0 Å². The molecule has 0 saturated heterocycles. The van der Waals surface area contributed by atoms with E-state index in [4.69, 9.17) is 9.76 Å². The van der Waals surface area contributed by atoms with Crippen LogP contribution in [-0.2, 0) is 4.74 Å². The fraction of sp³-hybridized carbons (Fsp3) is 0.364. The number of esters is 1. The van der Waals surface area contributed by atoms with E-state index in [1.807, 2.05) is 20.8 Å². The van der Waals surface area contributed by atoms with E-state index < -0.39 is 5.60 Å². The molecular formula is C11H15BO3. The Hall–Kier alpha value is -1.29. The molecule has 80 valence electrons. The van der Waals surface area contributed by atoms with Crippen molar-refractivity contribution in [3.05, 3.63) is 29.8 Å². The maximum atomic E-state index is 11.6. The summed E-state index contributed by atoms with van der Waals surface area (Å²) in [5.74, 6) is -0.363. The number of ether oxygens (including phenoxy) is 1. The molecular weight excluding hydrogens is 191 g/mol. The Morgan fingerprint density at radius 1 is 1.40 bits per heavy atom. The van der Waals surface area contributed by atoms with Crippen molar-refractivity contribution in [1.29, 1.82) is 0 Å². The summed E-state index contributed by atoms with van der Waals surface area (Å²) in [6.45, 7) is 5.46. The monoisotopic (exact) mass is 206 g/mol. The third kappa shape index (κ3) is 3.76. The van der Waals surface area contributed by atoms with Crippen LogP contribution in [0.1, 0.15) is 31.1 Å². The fourth-order valence-electron chi connectivity index (χ4n) is 1.13. The second kappa shape index (κ2) is 4.49. The first-order valence-electron chi connectivity index (χ1n) is 4.85. The Balaban J connectivity index is 2.82. The van der Waals surface area contributed by atoms with Crippen LogP contribution in [0, 0.1) is 0 Å². The van der Waals surface area contributed by atoms with Gasteiger partial charge in [-0.15, -0.1) is 0 Å². The molecule has 0 aromatic heterocycles. The zero-order chi connectivity index (χ0) is 11.5. The number of hydrogen-bond acceptors (Lipinski definition) is 3. The van der Waals surface area contributed by atoms with Gasteiger partial charge in [0.25, 0.3) is 0 Å². The lowest BCUT2D eigenvalue weighted by molar-refractivity contribution is 0.00696. The molecule has 0 atom stereocenters. The van der Waals surface area contributed by atoms with Crippen molar-refractivity contribution < 1.29 is 14.6 Å². The van der Waals surface area contributed by atoms with Crippen molar-refractivity contribution in [2.24, 2.45) is 0 Å². The second-order valence-electron chi connectivity index (χ2n) is 4.36.